The SMILES string of the molecule is O=S1(=O)C[C@H](Sc2nc3ccccc3o2)[C@@H](O)C1. The van der Waals surface area contributed by atoms with Crippen LogP contribution in [0.2, 0.25) is 0 Å². The van der Waals surface area contributed by atoms with Gasteiger partial charge in [-0.3, -0.25) is 0 Å². The van der Waals surface area contributed by atoms with Gasteiger partial charge in [0.05, 0.1) is 22.9 Å². The third-order valence-corrected chi connectivity index (χ3v) is 5.89. The highest BCUT2D eigenvalue weighted by Crippen LogP contribution is 2.32. The van der Waals surface area contributed by atoms with Gasteiger partial charge in [-0.15, -0.1) is 0 Å². The molecular weight excluding hydrogens is 274 g/mol. The molecule has 1 N–H and O–H groups in total. The molecule has 0 saturated carbocycles. The molecule has 2 atom stereocenters. The summed E-state index contributed by atoms with van der Waals surface area (Å²) in [5, 5.41) is 9.69. The lowest BCUT2D eigenvalue weighted by Crippen LogP contribution is -2.19. The van der Waals surface area contributed by atoms with Crippen molar-refractivity contribution in [3.8, 4) is 0 Å². The fraction of sp³-hybridized carbons (Fsp3) is 0.364. The van der Waals surface area contributed by atoms with E-state index in [0.29, 0.717) is 10.8 Å². The number of thioether (sulfide) groups is 1. The topological polar surface area (TPSA) is 80.4 Å². The number of nitrogens with zero attached hydrogens (tertiary/aromatic N) is 1. The Morgan fingerprint density at radius 1 is 1.33 bits per heavy atom. The molecule has 2 aromatic rings. The second kappa shape index (κ2) is 4.25. The van der Waals surface area contributed by atoms with Gasteiger partial charge in [0, 0.05) is 0 Å². The maximum atomic E-state index is 11.4. The highest BCUT2D eigenvalue weighted by Gasteiger charge is 2.38. The number of hydrogen-bond donors (Lipinski definition) is 1. The number of aliphatic hydroxyl groups is 1. The number of rotatable bonds is 2. The molecule has 0 amide bonds. The van der Waals surface area contributed by atoms with Crippen molar-refractivity contribution >= 4 is 32.7 Å². The van der Waals surface area contributed by atoms with Crippen molar-refractivity contribution in [2.24, 2.45) is 0 Å². The lowest BCUT2D eigenvalue weighted by atomic mass is 10.3. The normalized spacial score (nSPS) is 26.7. The molecule has 18 heavy (non-hydrogen) atoms. The first kappa shape index (κ1) is 12.0. The number of fused-ring (bicyclic) bond motifs is 1. The first-order valence-electron chi connectivity index (χ1n) is 5.44. The minimum Gasteiger partial charge on any atom is -0.431 e. The second-order valence-electron chi connectivity index (χ2n) is 4.25. The smallest absolute Gasteiger partial charge is 0.257 e. The van der Waals surface area contributed by atoms with Crippen LogP contribution in [0.25, 0.3) is 11.1 Å². The molecule has 0 spiro atoms. The predicted octanol–water partition coefficient (Wildman–Crippen LogP) is 1.08. The molecule has 5 nitrogen and oxygen atoms in total. The number of sulfone groups is 1. The molecular formula is C11H11NO4S2. The zero-order valence-electron chi connectivity index (χ0n) is 9.31. The Morgan fingerprint density at radius 2 is 2.11 bits per heavy atom. The van der Waals surface area contributed by atoms with E-state index < -0.39 is 21.2 Å². The molecule has 1 aliphatic heterocycles. The highest BCUT2D eigenvalue weighted by molar-refractivity contribution is 8.01. The van der Waals surface area contributed by atoms with E-state index >= 15 is 0 Å². The Bertz CT molecular complexity index is 646. The summed E-state index contributed by atoms with van der Waals surface area (Å²) in [7, 11) is -3.14. The summed E-state index contributed by atoms with van der Waals surface area (Å²) in [6, 6.07) is 7.32. The Balaban J connectivity index is 1.84. The van der Waals surface area contributed by atoms with E-state index in [1.807, 2.05) is 18.2 Å². The maximum Gasteiger partial charge on any atom is 0.257 e. The standard InChI is InChI=1S/C11H11NO4S2/c13-8-5-18(14,15)6-10(8)17-11-12-7-3-1-2-4-9(7)16-11/h1-4,8,10,13H,5-6H2/t8-,10-/m0/s1. The number of aliphatic hydroxyl groups excluding tert-OH is 1. The fourth-order valence-corrected chi connectivity index (χ4v) is 5.37. The van der Waals surface area contributed by atoms with Crippen molar-refractivity contribution < 1.29 is 17.9 Å². The largest absolute Gasteiger partial charge is 0.431 e. The van der Waals surface area contributed by atoms with Gasteiger partial charge in [0.1, 0.15) is 5.52 Å². The van der Waals surface area contributed by atoms with E-state index in [1.165, 1.54) is 11.8 Å². The number of aromatic nitrogens is 1. The minimum absolute atomic E-state index is 0.0302. The zero-order chi connectivity index (χ0) is 12.8. The molecule has 7 heteroatoms. The van der Waals surface area contributed by atoms with Gasteiger partial charge in [0.2, 0.25) is 0 Å². The predicted molar refractivity (Wildman–Crippen MR) is 68.3 cm³/mol. The molecule has 96 valence electrons. The van der Waals surface area contributed by atoms with Crippen LogP contribution in [0, 0.1) is 0 Å². The Labute approximate surface area is 108 Å². The molecule has 1 aliphatic rings. The number of oxazole rings is 1. The first-order chi connectivity index (χ1) is 8.53. The van der Waals surface area contributed by atoms with Crippen LogP contribution in [0.3, 0.4) is 0 Å². The monoisotopic (exact) mass is 285 g/mol. The van der Waals surface area contributed by atoms with Gasteiger partial charge < -0.3 is 9.52 Å². The summed E-state index contributed by atoms with van der Waals surface area (Å²) in [5.74, 6) is -0.206. The van der Waals surface area contributed by atoms with Crippen molar-refractivity contribution in [1.82, 2.24) is 4.98 Å². The van der Waals surface area contributed by atoms with Crippen LogP contribution >= 0.6 is 11.8 Å². The van der Waals surface area contributed by atoms with E-state index in [-0.39, 0.29) is 11.5 Å². The van der Waals surface area contributed by atoms with Gasteiger partial charge in [-0.25, -0.2) is 13.4 Å². The maximum absolute atomic E-state index is 11.4. The number of benzene rings is 1. The average molecular weight is 285 g/mol. The van der Waals surface area contributed by atoms with Crippen LogP contribution in [0.4, 0.5) is 0 Å². The van der Waals surface area contributed by atoms with Crippen LogP contribution in [0.5, 0.6) is 0 Å². The first-order valence-corrected chi connectivity index (χ1v) is 8.14. The van der Waals surface area contributed by atoms with Crippen LogP contribution < -0.4 is 0 Å². The van der Waals surface area contributed by atoms with Crippen LogP contribution in [-0.4, -0.2) is 41.4 Å². The third-order valence-electron chi connectivity index (χ3n) is 2.80. The van der Waals surface area contributed by atoms with Crippen molar-refractivity contribution in [3.05, 3.63) is 24.3 Å². The molecule has 1 fully saturated rings. The Morgan fingerprint density at radius 3 is 2.78 bits per heavy atom. The Hall–Kier alpha value is -1.05. The van der Waals surface area contributed by atoms with E-state index in [0.717, 1.165) is 5.52 Å². The average Bonchev–Trinajstić information content (AvgIpc) is 2.79. The molecule has 1 aromatic heterocycles. The molecule has 1 aromatic carbocycles. The lowest BCUT2D eigenvalue weighted by molar-refractivity contribution is 0.207. The van der Waals surface area contributed by atoms with Crippen molar-refractivity contribution in [2.45, 2.75) is 16.6 Å². The second-order valence-corrected chi connectivity index (χ2v) is 7.59. The summed E-state index contributed by atoms with van der Waals surface area (Å²) < 4.78 is 28.3. The lowest BCUT2D eigenvalue weighted by Gasteiger charge is -2.08. The zero-order valence-corrected chi connectivity index (χ0v) is 10.9. The molecule has 3 rings (SSSR count). The summed E-state index contributed by atoms with van der Waals surface area (Å²) in [6.07, 6.45) is -0.852. The molecule has 0 aliphatic carbocycles. The van der Waals surface area contributed by atoms with E-state index in [2.05, 4.69) is 4.98 Å². The van der Waals surface area contributed by atoms with E-state index in [1.54, 1.807) is 6.07 Å². The molecule has 0 unspecified atom stereocenters. The summed E-state index contributed by atoms with van der Waals surface area (Å²) in [5.41, 5.74) is 1.39. The number of para-hydroxylation sites is 2. The van der Waals surface area contributed by atoms with Crippen molar-refractivity contribution in [3.63, 3.8) is 0 Å². The summed E-state index contributed by atoms with van der Waals surface area (Å²) >= 11 is 1.18. The molecule has 0 bridgehead atoms. The van der Waals surface area contributed by atoms with Gasteiger partial charge in [-0.05, 0) is 12.1 Å². The fourth-order valence-electron chi connectivity index (χ4n) is 1.94. The molecule has 1 saturated heterocycles. The highest BCUT2D eigenvalue weighted by atomic mass is 32.2. The third kappa shape index (κ3) is 2.25. The van der Waals surface area contributed by atoms with Gasteiger partial charge in [0.15, 0.2) is 15.4 Å². The minimum atomic E-state index is -3.14. The van der Waals surface area contributed by atoms with Crippen LogP contribution in [0.1, 0.15) is 0 Å². The van der Waals surface area contributed by atoms with Crippen LogP contribution in [0.15, 0.2) is 33.9 Å². The summed E-state index contributed by atoms with van der Waals surface area (Å²) in [4.78, 5) is 4.25. The number of hydrogen-bond acceptors (Lipinski definition) is 6. The van der Waals surface area contributed by atoms with Crippen LogP contribution in [-0.2, 0) is 9.84 Å². The van der Waals surface area contributed by atoms with Crippen molar-refractivity contribution in [2.75, 3.05) is 11.5 Å². The van der Waals surface area contributed by atoms with Gasteiger partial charge in [0.25, 0.3) is 5.22 Å². The summed E-state index contributed by atoms with van der Waals surface area (Å²) in [6.45, 7) is 0. The Kier molecular flexibility index (Phi) is 2.84. The van der Waals surface area contributed by atoms with Gasteiger partial charge >= 0.3 is 0 Å². The van der Waals surface area contributed by atoms with Gasteiger partial charge in [-0.2, -0.15) is 0 Å². The van der Waals surface area contributed by atoms with E-state index in [9.17, 15) is 13.5 Å². The quantitative estimate of drug-likeness (QED) is 0.889. The van der Waals surface area contributed by atoms with E-state index in [4.69, 9.17) is 4.42 Å². The molecule has 0 radical (unpaired) electrons. The van der Waals surface area contributed by atoms with Gasteiger partial charge in [-0.1, -0.05) is 23.9 Å². The molecule has 2 heterocycles. The van der Waals surface area contributed by atoms with Crippen molar-refractivity contribution in [1.29, 1.82) is 0 Å².